The maximum atomic E-state index is 6.00. The molecule has 1 aliphatic heterocycles. The van der Waals surface area contributed by atoms with Crippen LogP contribution >= 0.6 is 0 Å². The first-order valence-electron chi connectivity index (χ1n) is 7.53. The molecule has 2 heteroatoms. The van der Waals surface area contributed by atoms with Crippen molar-refractivity contribution >= 4 is 0 Å². The second kappa shape index (κ2) is 6.42. The SMILES string of the molecule is CC(C)(C)c1ccccc1OCCCC1CCCN1. The van der Waals surface area contributed by atoms with Crippen molar-refractivity contribution in [3.63, 3.8) is 0 Å². The van der Waals surface area contributed by atoms with Gasteiger partial charge in [-0.2, -0.15) is 0 Å². The average molecular weight is 261 g/mol. The van der Waals surface area contributed by atoms with E-state index in [0.29, 0.717) is 0 Å². The van der Waals surface area contributed by atoms with E-state index in [2.05, 4.69) is 50.4 Å². The molecule has 1 fully saturated rings. The van der Waals surface area contributed by atoms with Gasteiger partial charge in [0.2, 0.25) is 0 Å². The number of hydrogen-bond acceptors (Lipinski definition) is 2. The number of rotatable bonds is 5. The average Bonchev–Trinajstić information content (AvgIpc) is 2.87. The first-order chi connectivity index (χ1) is 9.07. The van der Waals surface area contributed by atoms with Gasteiger partial charge in [0, 0.05) is 6.04 Å². The molecular weight excluding hydrogens is 234 g/mol. The number of para-hydroxylation sites is 1. The Morgan fingerprint density at radius 3 is 2.74 bits per heavy atom. The Balaban J connectivity index is 1.82. The molecule has 1 aromatic rings. The van der Waals surface area contributed by atoms with Crippen LogP contribution in [0.15, 0.2) is 24.3 Å². The third-order valence-corrected chi connectivity index (χ3v) is 3.81. The molecule has 1 unspecified atom stereocenters. The van der Waals surface area contributed by atoms with Crippen LogP contribution in [0.3, 0.4) is 0 Å². The zero-order chi connectivity index (χ0) is 13.7. The summed E-state index contributed by atoms with van der Waals surface area (Å²) >= 11 is 0. The third-order valence-electron chi connectivity index (χ3n) is 3.81. The zero-order valence-corrected chi connectivity index (χ0v) is 12.5. The Bertz CT molecular complexity index is 388. The lowest BCUT2D eigenvalue weighted by molar-refractivity contribution is 0.291. The standard InChI is InChI=1S/C17H27NO/c1-17(2,3)15-10-4-5-11-16(15)19-13-7-9-14-8-6-12-18-14/h4-5,10-11,14,18H,6-9,12-13H2,1-3H3. The van der Waals surface area contributed by atoms with E-state index in [-0.39, 0.29) is 5.41 Å². The highest BCUT2D eigenvalue weighted by Crippen LogP contribution is 2.31. The fourth-order valence-corrected chi connectivity index (χ4v) is 2.73. The summed E-state index contributed by atoms with van der Waals surface area (Å²) in [5.41, 5.74) is 1.44. The largest absolute Gasteiger partial charge is 0.493 e. The molecule has 0 aromatic heterocycles. The quantitative estimate of drug-likeness (QED) is 0.812. The zero-order valence-electron chi connectivity index (χ0n) is 12.5. The first-order valence-corrected chi connectivity index (χ1v) is 7.53. The van der Waals surface area contributed by atoms with Gasteiger partial charge in [-0.3, -0.25) is 0 Å². The molecule has 1 aliphatic rings. The molecule has 1 N–H and O–H groups in total. The van der Waals surface area contributed by atoms with E-state index in [1.54, 1.807) is 0 Å². The molecule has 1 saturated heterocycles. The van der Waals surface area contributed by atoms with Crippen LogP contribution in [0.2, 0.25) is 0 Å². The van der Waals surface area contributed by atoms with Gasteiger partial charge in [-0.25, -0.2) is 0 Å². The van der Waals surface area contributed by atoms with Crippen LogP contribution in [0.1, 0.15) is 52.0 Å². The van der Waals surface area contributed by atoms with E-state index in [1.807, 2.05) is 0 Å². The van der Waals surface area contributed by atoms with Gasteiger partial charge < -0.3 is 10.1 Å². The monoisotopic (exact) mass is 261 g/mol. The van der Waals surface area contributed by atoms with Crippen molar-refractivity contribution in [2.75, 3.05) is 13.2 Å². The minimum atomic E-state index is 0.142. The Labute approximate surface area is 117 Å². The fourth-order valence-electron chi connectivity index (χ4n) is 2.73. The van der Waals surface area contributed by atoms with Crippen LogP contribution in [0.5, 0.6) is 5.75 Å². The predicted octanol–water partition coefficient (Wildman–Crippen LogP) is 3.90. The first kappa shape index (κ1) is 14.4. The topological polar surface area (TPSA) is 21.3 Å². The summed E-state index contributed by atoms with van der Waals surface area (Å²) in [5.74, 6) is 1.05. The Morgan fingerprint density at radius 1 is 1.26 bits per heavy atom. The minimum absolute atomic E-state index is 0.142. The van der Waals surface area contributed by atoms with Crippen molar-refractivity contribution in [1.82, 2.24) is 5.32 Å². The van der Waals surface area contributed by atoms with Crippen molar-refractivity contribution in [1.29, 1.82) is 0 Å². The van der Waals surface area contributed by atoms with Gasteiger partial charge in [-0.15, -0.1) is 0 Å². The van der Waals surface area contributed by atoms with Gasteiger partial charge in [0.15, 0.2) is 0 Å². The van der Waals surface area contributed by atoms with Crippen LogP contribution in [0.4, 0.5) is 0 Å². The van der Waals surface area contributed by atoms with Gasteiger partial charge in [-0.1, -0.05) is 39.0 Å². The van der Waals surface area contributed by atoms with Crippen molar-refractivity contribution < 1.29 is 4.74 Å². The molecule has 2 nitrogen and oxygen atoms in total. The second-order valence-corrected chi connectivity index (χ2v) is 6.53. The van der Waals surface area contributed by atoms with Crippen LogP contribution in [-0.2, 0) is 5.41 Å². The molecular formula is C17H27NO. The fraction of sp³-hybridized carbons (Fsp3) is 0.647. The third kappa shape index (κ3) is 4.24. The molecule has 0 radical (unpaired) electrons. The van der Waals surface area contributed by atoms with Gasteiger partial charge >= 0.3 is 0 Å². The molecule has 106 valence electrons. The molecule has 0 amide bonds. The summed E-state index contributed by atoms with van der Waals surface area (Å²) in [6.07, 6.45) is 5.03. The van der Waals surface area contributed by atoms with E-state index in [4.69, 9.17) is 4.74 Å². The molecule has 1 aromatic carbocycles. The summed E-state index contributed by atoms with van der Waals surface area (Å²) in [6, 6.07) is 9.14. The normalized spacial score (nSPS) is 19.6. The minimum Gasteiger partial charge on any atom is -0.493 e. The molecule has 2 rings (SSSR count). The molecule has 0 bridgehead atoms. The molecule has 0 saturated carbocycles. The van der Waals surface area contributed by atoms with Gasteiger partial charge in [0.05, 0.1) is 6.61 Å². The van der Waals surface area contributed by atoms with Crippen LogP contribution in [-0.4, -0.2) is 19.2 Å². The van der Waals surface area contributed by atoms with E-state index >= 15 is 0 Å². The van der Waals surface area contributed by atoms with Crippen molar-refractivity contribution in [3.8, 4) is 5.75 Å². The second-order valence-electron chi connectivity index (χ2n) is 6.53. The summed E-state index contributed by atoms with van der Waals surface area (Å²) in [7, 11) is 0. The molecule has 1 heterocycles. The maximum absolute atomic E-state index is 6.00. The lowest BCUT2D eigenvalue weighted by Crippen LogP contribution is -2.21. The summed E-state index contributed by atoms with van der Waals surface area (Å²) in [5, 5.41) is 3.54. The maximum Gasteiger partial charge on any atom is 0.123 e. The van der Waals surface area contributed by atoms with E-state index in [1.165, 1.54) is 31.4 Å². The molecule has 19 heavy (non-hydrogen) atoms. The van der Waals surface area contributed by atoms with Crippen LogP contribution < -0.4 is 10.1 Å². The Kier molecular flexibility index (Phi) is 4.87. The van der Waals surface area contributed by atoms with Gasteiger partial charge in [0.25, 0.3) is 0 Å². The molecule has 0 spiro atoms. The molecule has 1 atom stereocenters. The lowest BCUT2D eigenvalue weighted by Gasteiger charge is -2.22. The Hall–Kier alpha value is -1.02. The van der Waals surface area contributed by atoms with Crippen LogP contribution in [0, 0.1) is 0 Å². The number of ether oxygens (including phenoxy) is 1. The summed E-state index contributed by atoms with van der Waals surface area (Å²) in [6.45, 7) is 8.72. The van der Waals surface area contributed by atoms with Crippen LogP contribution in [0.25, 0.3) is 0 Å². The predicted molar refractivity (Wildman–Crippen MR) is 80.9 cm³/mol. The van der Waals surface area contributed by atoms with Crippen molar-refractivity contribution in [3.05, 3.63) is 29.8 Å². The number of benzene rings is 1. The van der Waals surface area contributed by atoms with E-state index in [9.17, 15) is 0 Å². The van der Waals surface area contributed by atoms with Crippen molar-refractivity contribution in [2.45, 2.75) is 57.9 Å². The summed E-state index contributed by atoms with van der Waals surface area (Å²) in [4.78, 5) is 0. The molecule has 0 aliphatic carbocycles. The van der Waals surface area contributed by atoms with Gasteiger partial charge in [-0.05, 0) is 49.3 Å². The van der Waals surface area contributed by atoms with E-state index < -0.39 is 0 Å². The smallest absolute Gasteiger partial charge is 0.123 e. The Morgan fingerprint density at radius 2 is 2.05 bits per heavy atom. The number of hydrogen-bond donors (Lipinski definition) is 1. The van der Waals surface area contributed by atoms with Gasteiger partial charge in [0.1, 0.15) is 5.75 Å². The highest BCUT2D eigenvalue weighted by Gasteiger charge is 2.18. The van der Waals surface area contributed by atoms with Crippen molar-refractivity contribution in [2.24, 2.45) is 0 Å². The summed E-state index contributed by atoms with van der Waals surface area (Å²) < 4.78 is 6.00. The lowest BCUT2D eigenvalue weighted by atomic mass is 9.86. The number of nitrogens with one attached hydrogen (secondary N) is 1. The highest BCUT2D eigenvalue weighted by atomic mass is 16.5. The van der Waals surface area contributed by atoms with E-state index in [0.717, 1.165) is 24.8 Å². The highest BCUT2D eigenvalue weighted by molar-refractivity contribution is 5.38.